The van der Waals surface area contributed by atoms with Gasteiger partial charge in [-0.25, -0.2) is 4.79 Å². The Labute approximate surface area is 88.8 Å². The molecule has 5 nitrogen and oxygen atoms in total. The molecule has 0 aliphatic heterocycles. The molecule has 0 saturated carbocycles. The van der Waals surface area contributed by atoms with Crippen LogP contribution in [0.4, 0.5) is 13.2 Å². The minimum atomic E-state index is -4.60. The van der Waals surface area contributed by atoms with E-state index in [1.165, 1.54) is 0 Å². The first-order valence-corrected chi connectivity index (χ1v) is 4.14. The number of nitrogens with zero attached hydrogens (tertiary/aromatic N) is 1. The summed E-state index contributed by atoms with van der Waals surface area (Å²) in [5.74, 6) is -2.56. The van der Waals surface area contributed by atoms with Crippen LogP contribution < -0.4 is 0 Å². The second-order valence-electron chi connectivity index (χ2n) is 2.77. The smallest absolute Gasteiger partial charge is 0.406 e. The third-order valence-corrected chi connectivity index (χ3v) is 1.42. The zero-order valence-electron chi connectivity index (χ0n) is 8.07. The number of aliphatic carboxylic acids is 1. The van der Waals surface area contributed by atoms with E-state index in [1.807, 2.05) is 0 Å². The third-order valence-electron chi connectivity index (χ3n) is 1.42. The average Bonchev–Trinajstić information content (AvgIpc) is 2.11. The lowest BCUT2D eigenvalue weighted by atomic mass is 10.4. The molecule has 16 heavy (non-hydrogen) atoms. The molecule has 0 aromatic heterocycles. The number of rotatable bonds is 5. The number of carbonyl (C=O) groups excluding carboxylic acids is 1. The Hall–Kier alpha value is -1.57. The molecule has 0 aliphatic rings. The highest BCUT2D eigenvalue weighted by Crippen LogP contribution is 2.16. The Morgan fingerprint density at radius 1 is 1.25 bits per heavy atom. The normalized spacial score (nSPS) is 11.8. The van der Waals surface area contributed by atoms with Gasteiger partial charge in [-0.2, -0.15) is 13.2 Å². The predicted octanol–water partition coefficient (Wildman–Crippen LogP) is 0.0104. The van der Waals surface area contributed by atoms with E-state index in [1.54, 1.807) is 0 Å². The van der Waals surface area contributed by atoms with E-state index in [0.717, 1.165) is 0 Å². The van der Waals surface area contributed by atoms with E-state index in [0.29, 0.717) is 17.1 Å². The molecule has 0 bridgehead atoms. The number of hydrogen-bond donors (Lipinski definition) is 2. The number of aliphatic hydroxyl groups is 1. The summed E-state index contributed by atoms with van der Waals surface area (Å²) in [4.78, 5) is 21.4. The van der Waals surface area contributed by atoms with Crippen LogP contribution in [0.2, 0.25) is 0 Å². The summed E-state index contributed by atoms with van der Waals surface area (Å²) in [6, 6.07) is 0. The monoisotopic (exact) mass is 241 g/mol. The van der Waals surface area contributed by atoms with Gasteiger partial charge >= 0.3 is 12.1 Å². The van der Waals surface area contributed by atoms with Crippen LogP contribution >= 0.6 is 0 Å². The van der Waals surface area contributed by atoms with Gasteiger partial charge < -0.3 is 15.1 Å². The van der Waals surface area contributed by atoms with Gasteiger partial charge in [0.05, 0.1) is 6.61 Å². The number of halogens is 3. The van der Waals surface area contributed by atoms with Crippen molar-refractivity contribution in [2.45, 2.75) is 6.18 Å². The minimum Gasteiger partial charge on any atom is -0.478 e. The van der Waals surface area contributed by atoms with E-state index >= 15 is 0 Å². The van der Waals surface area contributed by atoms with Crippen molar-refractivity contribution in [3.63, 3.8) is 0 Å². The molecular formula is C8H10F3NO4. The largest absolute Gasteiger partial charge is 0.478 e. The predicted molar refractivity (Wildman–Crippen MR) is 46.5 cm³/mol. The van der Waals surface area contributed by atoms with Gasteiger partial charge in [-0.1, -0.05) is 0 Å². The average molecular weight is 241 g/mol. The van der Waals surface area contributed by atoms with E-state index in [-0.39, 0.29) is 0 Å². The molecule has 0 aromatic rings. The fraction of sp³-hybridized carbons (Fsp3) is 0.500. The minimum absolute atomic E-state index is 0.305. The second-order valence-corrected chi connectivity index (χ2v) is 2.77. The van der Waals surface area contributed by atoms with Crippen molar-refractivity contribution in [1.29, 1.82) is 0 Å². The molecule has 2 N–H and O–H groups in total. The molecule has 0 spiro atoms. The SMILES string of the molecule is O=C(O)/C=C/C(=O)N(CCO)CC(F)(F)F. The molecule has 0 radical (unpaired) electrons. The van der Waals surface area contributed by atoms with Crippen molar-refractivity contribution in [2.24, 2.45) is 0 Å². The summed E-state index contributed by atoms with van der Waals surface area (Å²) in [6.07, 6.45) is -3.66. The number of hydrogen-bond acceptors (Lipinski definition) is 3. The molecule has 0 aromatic carbocycles. The molecule has 0 saturated heterocycles. The van der Waals surface area contributed by atoms with Crippen LogP contribution in [-0.2, 0) is 9.59 Å². The molecule has 8 heteroatoms. The number of aliphatic hydroxyl groups excluding tert-OH is 1. The summed E-state index contributed by atoms with van der Waals surface area (Å²) >= 11 is 0. The van der Waals surface area contributed by atoms with Crippen LogP contribution in [0.5, 0.6) is 0 Å². The molecule has 0 unspecified atom stereocenters. The lowest BCUT2D eigenvalue weighted by molar-refractivity contribution is -0.159. The topological polar surface area (TPSA) is 77.8 Å². The van der Waals surface area contributed by atoms with Crippen LogP contribution in [0.15, 0.2) is 12.2 Å². The van der Waals surface area contributed by atoms with Gasteiger partial charge in [-0.15, -0.1) is 0 Å². The summed E-state index contributed by atoms with van der Waals surface area (Å²) in [6.45, 7) is -2.68. The highest BCUT2D eigenvalue weighted by atomic mass is 19.4. The standard InChI is InChI=1S/C8H10F3NO4/c9-8(10,11)5-12(3-4-13)6(14)1-2-7(15)16/h1-2,13H,3-5H2,(H,15,16)/b2-1+. The van der Waals surface area contributed by atoms with Gasteiger partial charge in [0.2, 0.25) is 5.91 Å². The van der Waals surface area contributed by atoms with E-state index in [2.05, 4.69) is 0 Å². The van der Waals surface area contributed by atoms with E-state index in [4.69, 9.17) is 10.2 Å². The Morgan fingerprint density at radius 3 is 2.19 bits per heavy atom. The zero-order chi connectivity index (χ0) is 12.8. The molecule has 0 aliphatic carbocycles. The van der Waals surface area contributed by atoms with Crippen molar-refractivity contribution >= 4 is 11.9 Å². The number of carboxylic acids is 1. The van der Waals surface area contributed by atoms with Crippen molar-refractivity contribution in [3.05, 3.63) is 12.2 Å². The van der Waals surface area contributed by atoms with Crippen LogP contribution in [0, 0.1) is 0 Å². The Balaban J connectivity index is 4.53. The number of amides is 1. The molecule has 0 fully saturated rings. The highest BCUT2D eigenvalue weighted by molar-refractivity contribution is 5.93. The van der Waals surface area contributed by atoms with Gasteiger partial charge in [0, 0.05) is 18.7 Å². The highest BCUT2D eigenvalue weighted by Gasteiger charge is 2.32. The first kappa shape index (κ1) is 14.4. The van der Waals surface area contributed by atoms with Gasteiger partial charge in [0.15, 0.2) is 0 Å². The number of carboxylic acid groups (broad SMARTS) is 1. The molecule has 0 heterocycles. The fourth-order valence-corrected chi connectivity index (χ4v) is 0.852. The van der Waals surface area contributed by atoms with Gasteiger partial charge in [0.1, 0.15) is 6.54 Å². The van der Waals surface area contributed by atoms with Crippen molar-refractivity contribution in [3.8, 4) is 0 Å². The fourth-order valence-electron chi connectivity index (χ4n) is 0.852. The molecule has 0 rings (SSSR count). The quantitative estimate of drug-likeness (QED) is 0.665. The van der Waals surface area contributed by atoms with Crippen LogP contribution in [0.1, 0.15) is 0 Å². The molecular weight excluding hydrogens is 231 g/mol. The first-order chi connectivity index (χ1) is 7.26. The van der Waals surface area contributed by atoms with E-state index in [9.17, 15) is 22.8 Å². The summed E-state index contributed by atoms with van der Waals surface area (Å²) in [5.41, 5.74) is 0. The Morgan fingerprint density at radius 2 is 1.81 bits per heavy atom. The van der Waals surface area contributed by atoms with Crippen molar-refractivity contribution in [1.82, 2.24) is 4.90 Å². The van der Waals surface area contributed by atoms with Crippen LogP contribution in [0.25, 0.3) is 0 Å². The number of carbonyl (C=O) groups is 2. The lowest BCUT2D eigenvalue weighted by Gasteiger charge is -2.21. The lowest BCUT2D eigenvalue weighted by Crippen LogP contribution is -2.39. The van der Waals surface area contributed by atoms with Gasteiger partial charge in [-0.3, -0.25) is 4.79 Å². The van der Waals surface area contributed by atoms with Gasteiger partial charge in [-0.05, 0) is 0 Å². The van der Waals surface area contributed by atoms with Crippen LogP contribution in [0.3, 0.4) is 0 Å². The molecule has 0 atom stereocenters. The molecule has 1 amide bonds. The van der Waals surface area contributed by atoms with Crippen molar-refractivity contribution < 1.29 is 33.0 Å². The number of alkyl halides is 3. The Bertz CT molecular complexity index is 287. The Kier molecular flexibility index (Phi) is 5.51. The second kappa shape index (κ2) is 6.11. The molecule has 92 valence electrons. The summed E-state index contributed by atoms with van der Waals surface area (Å²) < 4.78 is 35.9. The zero-order valence-corrected chi connectivity index (χ0v) is 8.07. The van der Waals surface area contributed by atoms with Crippen LogP contribution in [-0.4, -0.2) is 52.9 Å². The maximum atomic E-state index is 12.0. The maximum Gasteiger partial charge on any atom is 0.406 e. The van der Waals surface area contributed by atoms with Crippen molar-refractivity contribution in [2.75, 3.05) is 19.7 Å². The van der Waals surface area contributed by atoms with Gasteiger partial charge in [0.25, 0.3) is 0 Å². The summed E-state index contributed by atoms with van der Waals surface area (Å²) in [5, 5.41) is 16.6. The maximum absolute atomic E-state index is 12.0. The first-order valence-electron chi connectivity index (χ1n) is 4.14. The van der Waals surface area contributed by atoms with E-state index < -0.39 is 37.7 Å². The third kappa shape index (κ3) is 6.82. The summed E-state index contributed by atoms with van der Waals surface area (Å²) in [7, 11) is 0.